The molecule has 0 N–H and O–H groups in total. The molecule has 0 saturated carbocycles. The Labute approximate surface area is 160 Å². The molecule has 28 heavy (non-hydrogen) atoms. The number of fused-ring (bicyclic) bond motifs is 1. The normalized spacial score (nSPS) is 12.5. The van der Waals surface area contributed by atoms with Crippen molar-refractivity contribution in [1.29, 1.82) is 0 Å². The summed E-state index contributed by atoms with van der Waals surface area (Å²) in [6, 6.07) is 13.2. The first-order chi connectivity index (χ1) is 13.6. The molecule has 0 saturated heterocycles. The van der Waals surface area contributed by atoms with Gasteiger partial charge in [0.05, 0.1) is 11.3 Å². The Bertz CT molecular complexity index is 1040. The topological polar surface area (TPSA) is 87.9 Å². The summed E-state index contributed by atoms with van der Waals surface area (Å²) < 4.78 is 21.3. The largest absolute Gasteiger partial charge is 0.486 e. The highest BCUT2D eigenvalue weighted by Gasteiger charge is 2.21. The molecule has 4 rings (SSSR count). The van der Waals surface area contributed by atoms with E-state index >= 15 is 0 Å². The van der Waals surface area contributed by atoms with Crippen LogP contribution < -0.4 is 9.47 Å². The summed E-state index contributed by atoms with van der Waals surface area (Å²) in [6.07, 6.45) is 0. The maximum absolute atomic E-state index is 13.0. The number of aromatic nitrogens is 1. The molecule has 0 bridgehead atoms. The highest BCUT2D eigenvalue weighted by molar-refractivity contribution is 6.14. The smallest absolute Gasteiger partial charge is 0.339 e. The molecule has 1 aliphatic heterocycles. The van der Waals surface area contributed by atoms with Crippen LogP contribution in [0, 0.1) is 6.92 Å². The van der Waals surface area contributed by atoms with E-state index in [-0.39, 0.29) is 23.5 Å². The van der Waals surface area contributed by atoms with Gasteiger partial charge in [-0.3, -0.25) is 4.79 Å². The van der Waals surface area contributed by atoms with Crippen molar-refractivity contribution in [3.63, 3.8) is 0 Å². The summed E-state index contributed by atoms with van der Waals surface area (Å²) in [7, 11) is 0. The van der Waals surface area contributed by atoms with Crippen LogP contribution in [0.25, 0.3) is 0 Å². The van der Waals surface area contributed by atoms with Crippen LogP contribution in [0.1, 0.15) is 37.7 Å². The standard InChI is InChI=1S/C21H17NO6/c1-13-10-15(28-22-13)12-27-21(24)17-5-3-2-4-16(17)20(23)14-6-7-18-19(11-14)26-9-8-25-18/h2-7,10-11H,8-9,12H2,1H3. The number of ether oxygens (including phenoxy) is 3. The lowest BCUT2D eigenvalue weighted by molar-refractivity contribution is 0.0435. The van der Waals surface area contributed by atoms with Crippen molar-refractivity contribution >= 4 is 11.8 Å². The maximum Gasteiger partial charge on any atom is 0.339 e. The third-order valence-corrected chi connectivity index (χ3v) is 4.22. The van der Waals surface area contributed by atoms with Crippen LogP contribution in [0.4, 0.5) is 0 Å². The zero-order valence-corrected chi connectivity index (χ0v) is 15.1. The third-order valence-electron chi connectivity index (χ3n) is 4.22. The number of nitrogens with zero attached hydrogens (tertiary/aromatic N) is 1. The minimum atomic E-state index is -0.615. The number of carbonyl (C=O) groups excluding carboxylic acids is 2. The molecule has 0 spiro atoms. The lowest BCUT2D eigenvalue weighted by Crippen LogP contribution is -2.16. The summed E-state index contributed by atoms with van der Waals surface area (Å²) in [5.41, 5.74) is 1.52. The minimum Gasteiger partial charge on any atom is -0.486 e. The Balaban J connectivity index is 1.56. The van der Waals surface area contributed by atoms with E-state index < -0.39 is 5.97 Å². The van der Waals surface area contributed by atoms with E-state index in [0.29, 0.717) is 41.7 Å². The van der Waals surface area contributed by atoms with Crippen molar-refractivity contribution in [2.75, 3.05) is 13.2 Å². The van der Waals surface area contributed by atoms with Gasteiger partial charge in [-0.25, -0.2) is 4.79 Å². The molecular formula is C21H17NO6. The molecular weight excluding hydrogens is 362 g/mol. The molecule has 7 nitrogen and oxygen atoms in total. The molecule has 142 valence electrons. The van der Waals surface area contributed by atoms with Gasteiger partial charge in [0.25, 0.3) is 0 Å². The molecule has 0 fully saturated rings. The van der Waals surface area contributed by atoms with Crippen LogP contribution in [0.15, 0.2) is 53.1 Å². The average molecular weight is 379 g/mol. The van der Waals surface area contributed by atoms with Crippen molar-refractivity contribution in [3.8, 4) is 11.5 Å². The lowest BCUT2D eigenvalue weighted by Gasteiger charge is -2.18. The van der Waals surface area contributed by atoms with Crippen molar-refractivity contribution in [3.05, 3.63) is 76.7 Å². The number of hydrogen-bond acceptors (Lipinski definition) is 7. The molecule has 2 heterocycles. The Morgan fingerprint density at radius 3 is 2.50 bits per heavy atom. The van der Waals surface area contributed by atoms with Gasteiger partial charge in [0, 0.05) is 17.2 Å². The predicted octanol–water partition coefficient (Wildman–Crippen LogP) is 3.34. The van der Waals surface area contributed by atoms with E-state index in [1.165, 1.54) is 0 Å². The quantitative estimate of drug-likeness (QED) is 0.496. The van der Waals surface area contributed by atoms with Gasteiger partial charge in [0.1, 0.15) is 13.2 Å². The first-order valence-electron chi connectivity index (χ1n) is 8.74. The first kappa shape index (κ1) is 17.8. The summed E-state index contributed by atoms with van der Waals surface area (Å²) >= 11 is 0. The summed E-state index contributed by atoms with van der Waals surface area (Å²) in [5.74, 6) is 0.618. The fourth-order valence-electron chi connectivity index (χ4n) is 2.90. The number of hydrogen-bond donors (Lipinski definition) is 0. The highest BCUT2D eigenvalue weighted by atomic mass is 16.6. The monoisotopic (exact) mass is 379 g/mol. The zero-order chi connectivity index (χ0) is 19.5. The van der Waals surface area contributed by atoms with Gasteiger partial charge in [-0.2, -0.15) is 0 Å². The molecule has 2 aromatic carbocycles. The third kappa shape index (κ3) is 3.59. The van der Waals surface area contributed by atoms with Crippen LogP contribution in [-0.2, 0) is 11.3 Å². The zero-order valence-electron chi connectivity index (χ0n) is 15.1. The molecule has 1 aromatic heterocycles. The second-order valence-electron chi connectivity index (χ2n) is 6.24. The molecule has 0 amide bonds. The second-order valence-corrected chi connectivity index (χ2v) is 6.24. The van der Waals surface area contributed by atoms with Gasteiger partial charge >= 0.3 is 5.97 Å². The van der Waals surface area contributed by atoms with Gasteiger partial charge in [0.2, 0.25) is 0 Å². The van der Waals surface area contributed by atoms with E-state index in [2.05, 4.69) is 5.16 Å². The number of aryl methyl sites for hydroxylation is 1. The first-order valence-corrected chi connectivity index (χ1v) is 8.74. The van der Waals surface area contributed by atoms with Crippen LogP contribution in [0.2, 0.25) is 0 Å². The molecule has 3 aromatic rings. The number of carbonyl (C=O) groups is 2. The van der Waals surface area contributed by atoms with Gasteiger partial charge in [-0.15, -0.1) is 0 Å². The minimum absolute atomic E-state index is 0.0633. The van der Waals surface area contributed by atoms with E-state index in [1.807, 2.05) is 0 Å². The average Bonchev–Trinajstić information content (AvgIpc) is 3.16. The number of esters is 1. The van der Waals surface area contributed by atoms with E-state index in [4.69, 9.17) is 18.7 Å². The molecule has 0 atom stereocenters. The van der Waals surface area contributed by atoms with Gasteiger partial charge < -0.3 is 18.7 Å². The summed E-state index contributed by atoms with van der Waals surface area (Å²) in [4.78, 5) is 25.5. The van der Waals surface area contributed by atoms with Gasteiger partial charge in [-0.05, 0) is 31.2 Å². The molecule has 0 radical (unpaired) electrons. The van der Waals surface area contributed by atoms with E-state index in [1.54, 1.807) is 55.5 Å². The Kier molecular flexibility index (Phi) is 4.80. The predicted molar refractivity (Wildman–Crippen MR) is 97.7 cm³/mol. The van der Waals surface area contributed by atoms with E-state index in [9.17, 15) is 9.59 Å². The fraction of sp³-hybridized carbons (Fsp3) is 0.190. The lowest BCUT2D eigenvalue weighted by atomic mass is 9.98. The summed E-state index contributed by atoms with van der Waals surface area (Å²) in [6.45, 7) is 2.61. The van der Waals surface area contributed by atoms with Crippen LogP contribution in [0.3, 0.4) is 0 Å². The van der Waals surface area contributed by atoms with E-state index in [0.717, 1.165) is 0 Å². The fourth-order valence-corrected chi connectivity index (χ4v) is 2.90. The summed E-state index contributed by atoms with van der Waals surface area (Å²) in [5, 5.41) is 3.75. The SMILES string of the molecule is Cc1cc(COC(=O)c2ccccc2C(=O)c2ccc3c(c2)OCCO3)on1. The van der Waals surface area contributed by atoms with Crippen molar-refractivity contribution in [2.24, 2.45) is 0 Å². The Hall–Kier alpha value is -3.61. The highest BCUT2D eigenvalue weighted by Crippen LogP contribution is 2.31. The van der Waals surface area contributed by atoms with Crippen LogP contribution >= 0.6 is 0 Å². The number of benzene rings is 2. The molecule has 0 aliphatic carbocycles. The number of ketones is 1. The van der Waals surface area contributed by atoms with Gasteiger partial charge in [0.15, 0.2) is 29.6 Å². The van der Waals surface area contributed by atoms with Gasteiger partial charge in [-0.1, -0.05) is 23.4 Å². The molecule has 7 heteroatoms. The van der Waals surface area contributed by atoms with Crippen LogP contribution in [0.5, 0.6) is 11.5 Å². The van der Waals surface area contributed by atoms with Crippen LogP contribution in [-0.4, -0.2) is 30.1 Å². The second kappa shape index (κ2) is 7.56. The Morgan fingerprint density at radius 1 is 1.00 bits per heavy atom. The molecule has 1 aliphatic rings. The van der Waals surface area contributed by atoms with Crippen molar-refractivity contribution < 1.29 is 28.3 Å². The van der Waals surface area contributed by atoms with Crippen molar-refractivity contribution in [1.82, 2.24) is 5.16 Å². The maximum atomic E-state index is 13.0. The number of rotatable bonds is 5. The Morgan fingerprint density at radius 2 is 1.75 bits per heavy atom. The molecule has 0 unspecified atom stereocenters. The van der Waals surface area contributed by atoms with Crippen molar-refractivity contribution in [2.45, 2.75) is 13.5 Å².